The zero-order chi connectivity index (χ0) is 15.5. The Labute approximate surface area is 127 Å². The van der Waals surface area contributed by atoms with Crippen LogP contribution in [0.5, 0.6) is 0 Å². The summed E-state index contributed by atoms with van der Waals surface area (Å²) in [4.78, 5) is 9.13. The van der Waals surface area contributed by atoms with Gasteiger partial charge in [-0.25, -0.2) is 9.97 Å². The van der Waals surface area contributed by atoms with E-state index in [9.17, 15) is 0 Å². The topological polar surface area (TPSA) is 42.7 Å². The van der Waals surface area contributed by atoms with Crippen molar-refractivity contribution in [3.8, 4) is 5.82 Å². The molecule has 0 atom stereocenters. The second-order valence-electron chi connectivity index (χ2n) is 6.35. The van der Waals surface area contributed by atoms with Gasteiger partial charge in [-0.2, -0.15) is 0 Å². The lowest BCUT2D eigenvalue weighted by Crippen LogP contribution is -2.35. The van der Waals surface area contributed by atoms with Crippen LogP contribution in [0.1, 0.15) is 51.7 Å². The summed E-state index contributed by atoms with van der Waals surface area (Å²) in [7, 11) is 0. The van der Waals surface area contributed by atoms with E-state index in [1.54, 1.807) is 0 Å². The van der Waals surface area contributed by atoms with Crippen LogP contribution in [0.15, 0.2) is 24.5 Å². The van der Waals surface area contributed by atoms with Crippen LogP contribution in [0.3, 0.4) is 0 Å². The number of imidazole rings is 1. The van der Waals surface area contributed by atoms with Gasteiger partial charge in [0.2, 0.25) is 0 Å². The maximum atomic E-state index is 4.74. The van der Waals surface area contributed by atoms with Crippen molar-refractivity contribution in [3.05, 3.63) is 41.6 Å². The summed E-state index contributed by atoms with van der Waals surface area (Å²) in [6.45, 7) is 11.6. The van der Waals surface area contributed by atoms with E-state index in [4.69, 9.17) is 4.98 Å². The molecule has 0 aliphatic rings. The average Bonchev–Trinajstić information content (AvgIpc) is 2.92. The van der Waals surface area contributed by atoms with E-state index in [2.05, 4.69) is 61.6 Å². The third kappa shape index (κ3) is 4.14. The first-order valence-corrected chi connectivity index (χ1v) is 7.70. The molecule has 0 radical (unpaired) electrons. The lowest BCUT2D eigenvalue weighted by Gasteiger charge is -2.21. The Balaban J connectivity index is 2.34. The number of aryl methyl sites for hydroxylation is 2. The maximum Gasteiger partial charge on any atom is 0.138 e. The molecule has 0 aromatic carbocycles. The van der Waals surface area contributed by atoms with Crippen LogP contribution < -0.4 is 5.32 Å². The van der Waals surface area contributed by atoms with Gasteiger partial charge in [-0.3, -0.25) is 4.57 Å². The highest BCUT2D eigenvalue weighted by molar-refractivity contribution is 5.32. The van der Waals surface area contributed by atoms with E-state index in [1.807, 2.05) is 12.4 Å². The largest absolute Gasteiger partial charge is 0.308 e. The molecule has 0 fully saturated rings. The standard InChI is InChI=1S/C17H26N4/c1-6-14-10-13(12-19-17(3,4)5)11-16(20-14)21-9-8-18-15(21)7-2/h8-11,19H,6-7,12H2,1-5H3. The summed E-state index contributed by atoms with van der Waals surface area (Å²) in [5, 5.41) is 3.54. The van der Waals surface area contributed by atoms with Crippen molar-refractivity contribution in [1.29, 1.82) is 0 Å². The molecule has 0 aliphatic heterocycles. The van der Waals surface area contributed by atoms with E-state index >= 15 is 0 Å². The van der Waals surface area contributed by atoms with Crippen LogP contribution in [-0.4, -0.2) is 20.1 Å². The molecule has 4 nitrogen and oxygen atoms in total. The van der Waals surface area contributed by atoms with Crippen molar-refractivity contribution in [2.24, 2.45) is 0 Å². The molecule has 4 heteroatoms. The van der Waals surface area contributed by atoms with Crippen LogP contribution in [0.2, 0.25) is 0 Å². The van der Waals surface area contributed by atoms with Crippen molar-refractivity contribution in [3.63, 3.8) is 0 Å². The second-order valence-corrected chi connectivity index (χ2v) is 6.35. The Hall–Kier alpha value is -1.68. The van der Waals surface area contributed by atoms with Crippen molar-refractivity contribution in [2.75, 3.05) is 0 Å². The number of aromatic nitrogens is 3. The van der Waals surface area contributed by atoms with Crippen LogP contribution >= 0.6 is 0 Å². The Kier molecular flexibility index (Phi) is 4.78. The third-order valence-electron chi connectivity index (χ3n) is 3.39. The average molecular weight is 286 g/mol. The molecule has 0 saturated carbocycles. The lowest BCUT2D eigenvalue weighted by atomic mass is 10.1. The van der Waals surface area contributed by atoms with Crippen LogP contribution in [-0.2, 0) is 19.4 Å². The molecule has 2 aromatic rings. The van der Waals surface area contributed by atoms with Crippen LogP contribution in [0.4, 0.5) is 0 Å². The van der Waals surface area contributed by atoms with Crippen molar-refractivity contribution < 1.29 is 0 Å². The van der Waals surface area contributed by atoms with Gasteiger partial charge in [-0.15, -0.1) is 0 Å². The fourth-order valence-electron chi connectivity index (χ4n) is 2.21. The van der Waals surface area contributed by atoms with E-state index < -0.39 is 0 Å². The van der Waals surface area contributed by atoms with Gasteiger partial charge in [0.25, 0.3) is 0 Å². The molecule has 0 amide bonds. The Morgan fingerprint density at radius 2 is 1.90 bits per heavy atom. The molecule has 0 saturated heterocycles. The SMILES string of the molecule is CCc1cc(CNC(C)(C)C)cc(-n2ccnc2CC)n1. The first-order chi connectivity index (χ1) is 9.93. The predicted octanol–water partition coefficient (Wildman–Crippen LogP) is 3.28. The summed E-state index contributed by atoms with van der Waals surface area (Å²) < 4.78 is 2.08. The zero-order valence-electron chi connectivity index (χ0n) is 13.8. The summed E-state index contributed by atoms with van der Waals surface area (Å²) in [6.07, 6.45) is 5.67. The second kappa shape index (κ2) is 6.39. The van der Waals surface area contributed by atoms with Gasteiger partial charge in [0, 0.05) is 36.6 Å². The van der Waals surface area contributed by atoms with E-state index in [0.29, 0.717) is 0 Å². The first kappa shape index (κ1) is 15.7. The van der Waals surface area contributed by atoms with Gasteiger partial charge in [-0.1, -0.05) is 13.8 Å². The molecule has 1 N–H and O–H groups in total. The highest BCUT2D eigenvalue weighted by Gasteiger charge is 2.11. The summed E-state index contributed by atoms with van der Waals surface area (Å²) in [5.74, 6) is 2.01. The highest BCUT2D eigenvalue weighted by atomic mass is 15.1. The molecule has 2 rings (SSSR count). The van der Waals surface area contributed by atoms with E-state index in [-0.39, 0.29) is 5.54 Å². The summed E-state index contributed by atoms with van der Waals surface area (Å²) >= 11 is 0. The molecular formula is C17H26N4. The van der Waals surface area contributed by atoms with Gasteiger partial charge >= 0.3 is 0 Å². The minimum absolute atomic E-state index is 0.111. The molecule has 2 aromatic heterocycles. The van der Waals surface area contributed by atoms with Crippen molar-refractivity contribution in [2.45, 2.75) is 59.5 Å². The summed E-state index contributed by atoms with van der Waals surface area (Å²) in [6, 6.07) is 4.34. The molecular weight excluding hydrogens is 260 g/mol. The smallest absolute Gasteiger partial charge is 0.138 e. The van der Waals surface area contributed by atoms with Crippen LogP contribution in [0.25, 0.3) is 5.82 Å². The van der Waals surface area contributed by atoms with Crippen LogP contribution in [0, 0.1) is 0 Å². The van der Waals surface area contributed by atoms with Gasteiger partial charge in [-0.05, 0) is 44.9 Å². The highest BCUT2D eigenvalue weighted by Crippen LogP contribution is 2.14. The first-order valence-electron chi connectivity index (χ1n) is 7.70. The number of pyridine rings is 1. The Bertz CT molecular complexity index is 593. The van der Waals surface area contributed by atoms with E-state index in [1.165, 1.54) is 5.56 Å². The Morgan fingerprint density at radius 1 is 1.14 bits per heavy atom. The lowest BCUT2D eigenvalue weighted by molar-refractivity contribution is 0.424. The minimum Gasteiger partial charge on any atom is -0.308 e. The predicted molar refractivity (Wildman–Crippen MR) is 86.7 cm³/mol. The molecule has 114 valence electrons. The van der Waals surface area contributed by atoms with Crippen molar-refractivity contribution in [1.82, 2.24) is 19.9 Å². The molecule has 0 spiro atoms. The zero-order valence-corrected chi connectivity index (χ0v) is 13.8. The molecule has 0 bridgehead atoms. The normalized spacial score (nSPS) is 11.9. The van der Waals surface area contributed by atoms with Gasteiger partial charge in [0.05, 0.1) is 0 Å². The monoisotopic (exact) mass is 286 g/mol. The number of hydrogen-bond acceptors (Lipinski definition) is 3. The number of nitrogens with zero attached hydrogens (tertiary/aromatic N) is 3. The quantitative estimate of drug-likeness (QED) is 0.917. The van der Waals surface area contributed by atoms with E-state index in [0.717, 1.165) is 36.7 Å². The Morgan fingerprint density at radius 3 is 2.52 bits per heavy atom. The summed E-state index contributed by atoms with van der Waals surface area (Å²) in [5.41, 5.74) is 2.50. The van der Waals surface area contributed by atoms with Gasteiger partial charge in [0.1, 0.15) is 11.6 Å². The number of hydrogen-bond donors (Lipinski definition) is 1. The number of rotatable bonds is 5. The minimum atomic E-state index is 0.111. The molecule has 0 aliphatic carbocycles. The fourth-order valence-corrected chi connectivity index (χ4v) is 2.21. The third-order valence-corrected chi connectivity index (χ3v) is 3.39. The van der Waals surface area contributed by atoms with Crippen molar-refractivity contribution >= 4 is 0 Å². The van der Waals surface area contributed by atoms with Gasteiger partial charge in [0.15, 0.2) is 0 Å². The maximum absolute atomic E-state index is 4.74. The van der Waals surface area contributed by atoms with Gasteiger partial charge < -0.3 is 5.32 Å². The molecule has 21 heavy (non-hydrogen) atoms. The molecule has 2 heterocycles. The fraction of sp³-hybridized carbons (Fsp3) is 0.529. The number of nitrogens with one attached hydrogen (secondary N) is 1. The molecule has 0 unspecified atom stereocenters.